The number of benzene rings is 1. The summed E-state index contributed by atoms with van der Waals surface area (Å²) in [4.78, 5) is 11.5. The van der Waals surface area contributed by atoms with Gasteiger partial charge in [0.2, 0.25) is 0 Å². The Balaban J connectivity index is 2.98. The van der Waals surface area contributed by atoms with E-state index in [1.807, 2.05) is 6.92 Å². The maximum Gasteiger partial charge on any atom is 0.340 e. The maximum absolute atomic E-state index is 11.5. The maximum atomic E-state index is 11.5. The molecule has 15 heavy (non-hydrogen) atoms. The first-order valence-corrected chi connectivity index (χ1v) is 4.89. The van der Waals surface area contributed by atoms with Crippen molar-refractivity contribution in [2.75, 3.05) is 18.9 Å². The van der Waals surface area contributed by atoms with Gasteiger partial charge in [0.05, 0.1) is 24.5 Å². The van der Waals surface area contributed by atoms with E-state index < -0.39 is 5.97 Å². The zero-order chi connectivity index (χ0) is 11.3. The summed E-state index contributed by atoms with van der Waals surface area (Å²) in [5, 5.41) is 0. The molecule has 0 unspecified atom stereocenters. The van der Waals surface area contributed by atoms with Crippen molar-refractivity contribution in [1.82, 2.24) is 0 Å². The smallest absolute Gasteiger partial charge is 0.340 e. The Labute approximate surface area is 89.0 Å². The summed E-state index contributed by atoms with van der Waals surface area (Å²) in [6.07, 6.45) is 0. The molecule has 4 heteroatoms. The number of rotatable bonds is 4. The first-order valence-electron chi connectivity index (χ1n) is 4.89. The Morgan fingerprint density at radius 1 is 1.33 bits per heavy atom. The van der Waals surface area contributed by atoms with Crippen LogP contribution in [-0.4, -0.2) is 19.2 Å². The van der Waals surface area contributed by atoms with E-state index in [0.29, 0.717) is 30.2 Å². The van der Waals surface area contributed by atoms with Gasteiger partial charge >= 0.3 is 5.97 Å². The van der Waals surface area contributed by atoms with Crippen LogP contribution in [0.15, 0.2) is 18.2 Å². The zero-order valence-electron chi connectivity index (χ0n) is 8.95. The van der Waals surface area contributed by atoms with Crippen LogP contribution in [0, 0.1) is 0 Å². The number of anilines is 1. The predicted molar refractivity (Wildman–Crippen MR) is 58.0 cm³/mol. The first kappa shape index (κ1) is 11.4. The lowest BCUT2D eigenvalue weighted by molar-refractivity contribution is 0.0527. The first-order chi connectivity index (χ1) is 7.20. The van der Waals surface area contributed by atoms with Crippen LogP contribution in [0.5, 0.6) is 5.75 Å². The van der Waals surface area contributed by atoms with E-state index in [9.17, 15) is 4.79 Å². The quantitative estimate of drug-likeness (QED) is 0.607. The molecule has 0 saturated heterocycles. The second-order valence-electron chi connectivity index (χ2n) is 2.87. The minimum atomic E-state index is -0.420. The number of carbonyl (C=O) groups excluding carboxylic acids is 1. The highest BCUT2D eigenvalue weighted by Crippen LogP contribution is 2.25. The fourth-order valence-electron chi connectivity index (χ4n) is 1.21. The minimum absolute atomic E-state index is 0.330. The Morgan fingerprint density at radius 2 is 2.07 bits per heavy atom. The summed E-state index contributed by atoms with van der Waals surface area (Å²) in [7, 11) is 0. The molecule has 0 spiro atoms. The third kappa shape index (κ3) is 2.62. The molecule has 0 heterocycles. The van der Waals surface area contributed by atoms with Crippen molar-refractivity contribution in [2.45, 2.75) is 13.8 Å². The molecule has 82 valence electrons. The Hall–Kier alpha value is -1.71. The number of nitrogen functional groups attached to an aromatic ring is 1. The van der Waals surface area contributed by atoms with Crippen molar-refractivity contribution in [3.8, 4) is 5.75 Å². The van der Waals surface area contributed by atoms with Crippen molar-refractivity contribution in [1.29, 1.82) is 0 Å². The van der Waals surface area contributed by atoms with Gasteiger partial charge in [-0.2, -0.15) is 0 Å². The van der Waals surface area contributed by atoms with Crippen LogP contribution in [0.3, 0.4) is 0 Å². The molecule has 0 saturated carbocycles. The molecule has 0 radical (unpaired) electrons. The highest BCUT2D eigenvalue weighted by Gasteiger charge is 2.13. The molecular weight excluding hydrogens is 194 g/mol. The van der Waals surface area contributed by atoms with Crippen molar-refractivity contribution in [3.63, 3.8) is 0 Å². The van der Waals surface area contributed by atoms with Crippen molar-refractivity contribution < 1.29 is 14.3 Å². The van der Waals surface area contributed by atoms with Crippen LogP contribution >= 0.6 is 0 Å². The molecule has 0 aliphatic carbocycles. The summed E-state index contributed by atoms with van der Waals surface area (Å²) in [6.45, 7) is 4.45. The van der Waals surface area contributed by atoms with E-state index in [1.54, 1.807) is 25.1 Å². The minimum Gasteiger partial charge on any atom is -0.492 e. The molecule has 0 fully saturated rings. The molecule has 0 aromatic heterocycles. The normalized spacial score (nSPS) is 9.73. The molecule has 2 N–H and O–H groups in total. The summed E-state index contributed by atoms with van der Waals surface area (Å²) in [5.41, 5.74) is 6.46. The van der Waals surface area contributed by atoms with Crippen molar-refractivity contribution in [2.24, 2.45) is 0 Å². The Kier molecular flexibility index (Phi) is 3.97. The van der Waals surface area contributed by atoms with Crippen molar-refractivity contribution >= 4 is 11.7 Å². The summed E-state index contributed by atoms with van der Waals surface area (Å²) in [6, 6.07) is 5.06. The molecular formula is C11H15NO3. The highest BCUT2D eigenvalue weighted by molar-refractivity contribution is 5.96. The van der Waals surface area contributed by atoms with E-state index >= 15 is 0 Å². The third-order valence-corrected chi connectivity index (χ3v) is 1.86. The number of ether oxygens (including phenoxy) is 2. The summed E-state index contributed by atoms with van der Waals surface area (Å²) < 4.78 is 10.1. The monoisotopic (exact) mass is 209 g/mol. The summed E-state index contributed by atoms with van der Waals surface area (Å²) >= 11 is 0. The second kappa shape index (κ2) is 5.24. The predicted octanol–water partition coefficient (Wildman–Crippen LogP) is 1.84. The van der Waals surface area contributed by atoms with E-state index in [1.165, 1.54) is 0 Å². The molecule has 0 aliphatic heterocycles. The highest BCUT2D eigenvalue weighted by atomic mass is 16.5. The van der Waals surface area contributed by atoms with E-state index in [0.717, 1.165) is 0 Å². The van der Waals surface area contributed by atoms with Crippen LogP contribution < -0.4 is 10.5 Å². The van der Waals surface area contributed by atoms with Gasteiger partial charge in [0.1, 0.15) is 5.75 Å². The fourth-order valence-corrected chi connectivity index (χ4v) is 1.21. The SMILES string of the molecule is CCOC(=O)c1cccc(OCC)c1N. The van der Waals surface area contributed by atoms with Gasteiger partial charge in [-0.3, -0.25) is 0 Å². The van der Waals surface area contributed by atoms with Gasteiger partial charge in [0.25, 0.3) is 0 Å². The third-order valence-electron chi connectivity index (χ3n) is 1.86. The average Bonchev–Trinajstić information content (AvgIpc) is 2.22. The average molecular weight is 209 g/mol. The lowest BCUT2D eigenvalue weighted by Gasteiger charge is -2.10. The van der Waals surface area contributed by atoms with Crippen LogP contribution in [0.1, 0.15) is 24.2 Å². The summed E-state index contributed by atoms with van der Waals surface area (Å²) in [5.74, 6) is 0.0969. The molecule has 0 bridgehead atoms. The van der Waals surface area contributed by atoms with Crippen LogP contribution in [0.25, 0.3) is 0 Å². The molecule has 1 rings (SSSR count). The van der Waals surface area contributed by atoms with Gasteiger partial charge in [-0.25, -0.2) is 4.79 Å². The molecule has 1 aromatic rings. The van der Waals surface area contributed by atoms with Crippen molar-refractivity contribution in [3.05, 3.63) is 23.8 Å². The van der Waals surface area contributed by atoms with Crippen LogP contribution in [-0.2, 0) is 4.74 Å². The Bertz CT molecular complexity index is 350. The van der Waals surface area contributed by atoms with E-state index in [-0.39, 0.29) is 0 Å². The van der Waals surface area contributed by atoms with Gasteiger partial charge in [0.15, 0.2) is 0 Å². The standard InChI is InChI=1S/C11H15NO3/c1-3-14-9-7-5-6-8(10(9)12)11(13)15-4-2/h5-7H,3-4,12H2,1-2H3. The molecule has 0 aliphatic rings. The van der Waals surface area contributed by atoms with E-state index in [2.05, 4.69) is 0 Å². The molecule has 1 aromatic carbocycles. The molecule has 0 amide bonds. The number of esters is 1. The fraction of sp³-hybridized carbons (Fsp3) is 0.364. The van der Waals surface area contributed by atoms with Gasteiger partial charge in [-0.15, -0.1) is 0 Å². The number of para-hydroxylation sites is 1. The number of hydrogen-bond donors (Lipinski definition) is 1. The largest absolute Gasteiger partial charge is 0.492 e. The second-order valence-corrected chi connectivity index (χ2v) is 2.87. The lowest BCUT2D eigenvalue weighted by Crippen LogP contribution is -2.09. The van der Waals surface area contributed by atoms with Gasteiger partial charge < -0.3 is 15.2 Å². The van der Waals surface area contributed by atoms with E-state index in [4.69, 9.17) is 15.2 Å². The zero-order valence-corrected chi connectivity index (χ0v) is 8.95. The van der Waals surface area contributed by atoms with Gasteiger partial charge in [-0.05, 0) is 26.0 Å². The number of hydrogen-bond acceptors (Lipinski definition) is 4. The van der Waals surface area contributed by atoms with Gasteiger partial charge in [0, 0.05) is 0 Å². The Morgan fingerprint density at radius 3 is 2.67 bits per heavy atom. The number of nitrogens with two attached hydrogens (primary N) is 1. The topological polar surface area (TPSA) is 61.5 Å². The van der Waals surface area contributed by atoms with Crippen LogP contribution in [0.2, 0.25) is 0 Å². The lowest BCUT2D eigenvalue weighted by atomic mass is 10.1. The molecule has 0 atom stereocenters. The number of carbonyl (C=O) groups is 1. The van der Waals surface area contributed by atoms with Gasteiger partial charge in [-0.1, -0.05) is 6.07 Å². The molecule has 4 nitrogen and oxygen atoms in total. The van der Waals surface area contributed by atoms with Crippen LogP contribution in [0.4, 0.5) is 5.69 Å².